The van der Waals surface area contributed by atoms with Gasteiger partial charge in [-0.15, -0.1) is 0 Å². The summed E-state index contributed by atoms with van der Waals surface area (Å²) in [6.45, 7) is 0. The molecule has 0 saturated heterocycles. The van der Waals surface area contributed by atoms with Crippen molar-refractivity contribution in [2.75, 3.05) is 13.4 Å². The highest BCUT2D eigenvalue weighted by Crippen LogP contribution is 2.25. The normalized spacial score (nSPS) is 12.5. The number of aromatic nitrogens is 2. The van der Waals surface area contributed by atoms with Crippen molar-refractivity contribution in [3.8, 4) is 0 Å². The molecule has 1 unspecified atom stereocenters. The largest absolute Gasteiger partial charge is 0.467 e. The van der Waals surface area contributed by atoms with Gasteiger partial charge in [0.1, 0.15) is 6.04 Å². The molecular weight excluding hydrogens is 453 g/mol. The summed E-state index contributed by atoms with van der Waals surface area (Å²) in [4.78, 5) is 28.9. The lowest BCUT2D eigenvalue weighted by atomic mass is 10.0. The van der Waals surface area contributed by atoms with Gasteiger partial charge in [-0.25, -0.2) is 17.2 Å². The van der Waals surface area contributed by atoms with Crippen LogP contribution in [-0.4, -0.2) is 48.7 Å². The van der Waals surface area contributed by atoms with Gasteiger partial charge in [0, 0.05) is 30.4 Å². The first-order valence-corrected chi connectivity index (χ1v) is 11.2. The van der Waals surface area contributed by atoms with Crippen LogP contribution in [0.5, 0.6) is 0 Å². The Morgan fingerprint density at radius 3 is 2.43 bits per heavy atom. The lowest BCUT2D eigenvalue weighted by molar-refractivity contribution is -0.142. The number of nitrogens with zero attached hydrogens (tertiary/aromatic N) is 2. The molecule has 1 atom stereocenters. The quantitative estimate of drug-likeness (QED) is 0.556. The van der Waals surface area contributed by atoms with Crippen LogP contribution in [0.15, 0.2) is 42.9 Å². The molecule has 0 aliphatic carbocycles. The van der Waals surface area contributed by atoms with Crippen molar-refractivity contribution < 1.29 is 22.7 Å². The predicted molar refractivity (Wildman–Crippen MR) is 113 cm³/mol. The molecule has 11 heteroatoms. The third-order valence-corrected chi connectivity index (χ3v) is 6.00. The number of carbonyl (C=O) groups is 2. The third-order valence-electron chi connectivity index (χ3n) is 4.41. The molecule has 0 aliphatic heterocycles. The highest BCUT2D eigenvalue weighted by Gasteiger charge is 2.27. The fourth-order valence-corrected chi connectivity index (χ4v) is 4.44. The van der Waals surface area contributed by atoms with Crippen molar-refractivity contribution in [3.05, 3.63) is 64.0 Å². The summed E-state index contributed by atoms with van der Waals surface area (Å²) in [5.41, 5.74) is 0.976. The molecule has 1 amide bonds. The summed E-state index contributed by atoms with van der Waals surface area (Å²) in [6, 6.07) is 5.74. The maximum Gasteiger partial charge on any atom is 0.328 e. The van der Waals surface area contributed by atoms with Gasteiger partial charge < -0.3 is 10.1 Å². The van der Waals surface area contributed by atoms with E-state index in [9.17, 15) is 18.0 Å². The molecule has 1 aromatic carbocycles. The Morgan fingerprint density at radius 2 is 1.83 bits per heavy atom. The lowest BCUT2D eigenvalue weighted by Crippen LogP contribution is -2.43. The second kappa shape index (κ2) is 8.63. The maximum atomic E-state index is 12.7. The highest BCUT2D eigenvalue weighted by atomic mass is 35.5. The van der Waals surface area contributed by atoms with E-state index in [2.05, 4.69) is 10.3 Å². The lowest BCUT2D eigenvalue weighted by Gasteiger charge is -2.17. The number of ether oxygens (including phenoxy) is 1. The Kier molecular flexibility index (Phi) is 6.35. The number of esters is 1. The molecule has 158 valence electrons. The Hall–Kier alpha value is -2.62. The average Bonchev–Trinajstić information content (AvgIpc) is 3.06. The van der Waals surface area contributed by atoms with Crippen LogP contribution in [0.3, 0.4) is 0 Å². The number of carbonyl (C=O) groups excluding carboxylic acids is 2. The zero-order valence-electron chi connectivity index (χ0n) is 15.9. The van der Waals surface area contributed by atoms with Crippen LogP contribution in [0.25, 0.3) is 10.9 Å². The van der Waals surface area contributed by atoms with E-state index in [-0.39, 0.29) is 22.0 Å². The molecule has 0 saturated carbocycles. The summed E-state index contributed by atoms with van der Waals surface area (Å²) in [7, 11) is -2.39. The van der Waals surface area contributed by atoms with Crippen LogP contribution < -0.4 is 5.32 Å². The minimum Gasteiger partial charge on any atom is -0.467 e. The van der Waals surface area contributed by atoms with E-state index in [0.29, 0.717) is 16.5 Å². The van der Waals surface area contributed by atoms with Crippen LogP contribution in [0.1, 0.15) is 15.9 Å². The maximum absolute atomic E-state index is 12.7. The molecule has 30 heavy (non-hydrogen) atoms. The van der Waals surface area contributed by atoms with E-state index >= 15 is 0 Å². The first-order chi connectivity index (χ1) is 14.1. The number of fused-ring (bicyclic) bond motifs is 1. The number of nitrogens with one attached hydrogen (secondary N) is 1. The molecule has 0 radical (unpaired) electrons. The fraction of sp³-hybridized carbons (Fsp3) is 0.211. The number of hydrogen-bond acceptors (Lipinski definition) is 6. The number of methoxy groups -OCH3 is 1. The standard InChI is InChI=1S/C19H17Cl2N3O5S/c1-29-19(26)15(23-18(25)17-13(20)8-22-9-14(17)21)7-11-10-24(30(2,27)28)16-6-4-3-5-12(11)16/h3-6,8-10,15H,7H2,1-2H3,(H,23,25). The summed E-state index contributed by atoms with van der Waals surface area (Å²) >= 11 is 12.0. The van der Waals surface area contributed by atoms with E-state index < -0.39 is 27.9 Å². The van der Waals surface area contributed by atoms with Gasteiger partial charge in [-0.1, -0.05) is 41.4 Å². The highest BCUT2D eigenvalue weighted by molar-refractivity contribution is 7.89. The second-order valence-corrected chi connectivity index (χ2v) is 9.14. The van der Waals surface area contributed by atoms with Gasteiger partial charge in [0.25, 0.3) is 5.91 Å². The topological polar surface area (TPSA) is 107 Å². The number of para-hydroxylation sites is 1. The van der Waals surface area contributed by atoms with Crippen molar-refractivity contribution in [1.29, 1.82) is 0 Å². The molecule has 0 aliphatic rings. The summed E-state index contributed by atoms with van der Waals surface area (Å²) < 4.78 is 30.2. The van der Waals surface area contributed by atoms with Crippen molar-refractivity contribution in [2.45, 2.75) is 12.5 Å². The van der Waals surface area contributed by atoms with E-state index in [1.807, 2.05) is 0 Å². The number of halogens is 2. The molecule has 3 rings (SSSR count). The van der Waals surface area contributed by atoms with Crippen LogP contribution in [0.2, 0.25) is 10.0 Å². The minimum atomic E-state index is -3.58. The molecule has 3 aromatic rings. The number of rotatable bonds is 6. The molecule has 8 nitrogen and oxygen atoms in total. The van der Waals surface area contributed by atoms with E-state index in [1.165, 1.54) is 25.7 Å². The predicted octanol–water partition coefficient (Wildman–Crippen LogP) is 2.66. The van der Waals surface area contributed by atoms with Gasteiger partial charge in [0.05, 0.1) is 34.5 Å². The van der Waals surface area contributed by atoms with Gasteiger partial charge in [-0.05, 0) is 11.6 Å². The SMILES string of the molecule is COC(=O)C(Cc1cn(S(C)(=O)=O)c2ccccc12)NC(=O)c1c(Cl)cncc1Cl. The van der Waals surface area contributed by atoms with E-state index in [4.69, 9.17) is 27.9 Å². The Morgan fingerprint density at radius 1 is 1.20 bits per heavy atom. The van der Waals surface area contributed by atoms with Crippen LogP contribution in [0, 0.1) is 0 Å². The van der Waals surface area contributed by atoms with Crippen molar-refractivity contribution in [3.63, 3.8) is 0 Å². The molecular formula is C19H17Cl2N3O5S. The third kappa shape index (κ3) is 4.43. The Labute approximate surface area is 182 Å². The molecule has 0 bridgehead atoms. The van der Waals surface area contributed by atoms with Crippen LogP contribution in [0.4, 0.5) is 0 Å². The van der Waals surface area contributed by atoms with Gasteiger partial charge >= 0.3 is 5.97 Å². The monoisotopic (exact) mass is 469 g/mol. The van der Waals surface area contributed by atoms with Crippen molar-refractivity contribution >= 4 is 56.0 Å². The average molecular weight is 470 g/mol. The Bertz CT molecular complexity index is 1220. The molecule has 0 fully saturated rings. The molecule has 2 heterocycles. The summed E-state index contributed by atoms with van der Waals surface area (Å²) in [5, 5.41) is 3.24. The second-order valence-electron chi connectivity index (χ2n) is 6.46. The van der Waals surface area contributed by atoms with Crippen LogP contribution >= 0.6 is 23.2 Å². The van der Waals surface area contributed by atoms with Crippen LogP contribution in [-0.2, 0) is 26.0 Å². The molecule has 2 aromatic heterocycles. The first kappa shape index (κ1) is 22.1. The van der Waals surface area contributed by atoms with Crippen molar-refractivity contribution in [2.24, 2.45) is 0 Å². The van der Waals surface area contributed by atoms with Gasteiger partial charge in [-0.2, -0.15) is 0 Å². The van der Waals surface area contributed by atoms with Crippen molar-refractivity contribution in [1.82, 2.24) is 14.3 Å². The first-order valence-electron chi connectivity index (χ1n) is 8.60. The summed E-state index contributed by atoms with van der Waals surface area (Å²) in [6.07, 6.45) is 5.01. The van der Waals surface area contributed by atoms with Gasteiger partial charge in [-0.3, -0.25) is 9.78 Å². The number of benzene rings is 1. The summed E-state index contributed by atoms with van der Waals surface area (Å²) in [5.74, 6) is -1.39. The fourth-order valence-electron chi connectivity index (χ4n) is 3.07. The smallest absolute Gasteiger partial charge is 0.328 e. The number of hydrogen-bond donors (Lipinski definition) is 1. The molecule has 1 N–H and O–H groups in total. The minimum absolute atomic E-state index is 0.0121. The number of pyridine rings is 1. The zero-order chi connectivity index (χ0) is 22.1. The zero-order valence-corrected chi connectivity index (χ0v) is 18.3. The molecule has 0 spiro atoms. The van der Waals surface area contributed by atoms with E-state index in [1.54, 1.807) is 24.3 Å². The van der Waals surface area contributed by atoms with E-state index in [0.717, 1.165) is 10.2 Å². The van der Waals surface area contributed by atoms with Gasteiger partial charge in [0.15, 0.2) is 0 Å². The Balaban J connectivity index is 1.99. The van der Waals surface area contributed by atoms with Gasteiger partial charge in [0.2, 0.25) is 10.0 Å². The number of amides is 1.